The number of nitrogens with one attached hydrogen (secondary N) is 1. The summed E-state index contributed by atoms with van der Waals surface area (Å²) in [5.74, 6) is 0.181. The highest BCUT2D eigenvalue weighted by Crippen LogP contribution is 2.38. The number of hydrogen-bond acceptors (Lipinski definition) is 6. The van der Waals surface area contributed by atoms with Crippen molar-refractivity contribution in [2.24, 2.45) is 0 Å². The Bertz CT molecular complexity index is 1440. The van der Waals surface area contributed by atoms with Gasteiger partial charge in [-0.25, -0.2) is 0 Å². The van der Waals surface area contributed by atoms with E-state index < -0.39 is 5.91 Å². The van der Waals surface area contributed by atoms with Crippen LogP contribution in [0, 0.1) is 13.8 Å². The van der Waals surface area contributed by atoms with Crippen LogP contribution in [-0.4, -0.2) is 29.9 Å². The lowest BCUT2D eigenvalue weighted by Gasteiger charge is -2.16. The number of thiocarbonyl (C=S) groups is 1. The van der Waals surface area contributed by atoms with E-state index in [-0.39, 0.29) is 17.5 Å². The molecule has 3 aromatic rings. The Kier molecular flexibility index (Phi) is 8.44. The maximum atomic E-state index is 13.1. The van der Waals surface area contributed by atoms with Crippen molar-refractivity contribution < 1.29 is 19.1 Å². The van der Waals surface area contributed by atoms with Crippen LogP contribution < -0.4 is 19.7 Å². The first-order chi connectivity index (χ1) is 17.7. The number of thioether (sulfide) groups is 1. The van der Waals surface area contributed by atoms with Crippen LogP contribution in [0.3, 0.4) is 0 Å². The van der Waals surface area contributed by atoms with E-state index in [1.807, 2.05) is 32.0 Å². The van der Waals surface area contributed by atoms with Crippen LogP contribution in [0.5, 0.6) is 11.5 Å². The molecule has 10 heteroatoms. The van der Waals surface area contributed by atoms with Crippen molar-refractivity contribution in [3.8, 4) is 11.5 Å². The molecule has 0 saturated carbocycles. The summed E-state index contributed by atoms with van der Waals surface area (Å²) in [7, 11) is 1.50. The van der Waals surface area contributed by atoms with Crippen LogP contribution in [-0.2, 0) is 9.59 Å². The van der Waals surface area contributed by atoms with Crippen molar-refractivity contribution in [1.82, 2.24) is 0 Å². The van der Waals surface area contributed by atoms with E-state index in [2.05, 4.69) is 5.32 Å². The predicted molar refractivity (Wildman–Crippen MR) is 155 cm³/mol. The Morgan fingerprint density at radius 3 is 2.59 bits per heavy atom. The highest BCUT2D eigenvalue weighted by Gasteiger charge is 2.33. The minimum atomic E-state index is -0.412. The summed E-state index contributed by atoms with van der Waals surface area (Å²) in [5.41, 5.74) is 4.08. The third-order valence-electron chi connectivity index (χ3n) is 5.61. The molecule has 4 rings (SSSR count). The van der Waals surface area contributed by atoms with E-state index in [9.17, 15) is 9.59 Å². The Morgan fingerprint density at radius 1 is 1.08 bits per heavy atom. The van der Waals surface area contributed by atoms with E-state index in [4.69, 9.17) is 44.9 Å². The van der Waals surface area contributed by atoms with Crippen LogP contribution in [0.25, 0.3) is 6.08 Å². The minimum absolute atomic E-state index is 0.186. The zero-order valence-corrected chi connectivity index (χ0v) is 23.3. The first-order valence-electron chi connectivity index (χ1n) is 11.1. The van der Waals surface area contributed by atoms with Crippen molar-refractivity contribution in [2.45, 2.75) is 13.8 Å². The van der Waals surface area contributed by atoms with Gasteiger partial charge in [-0.3, -0.25) is 14.5 Å². The van der Waals surface area contributed by atoms with Gasteiger partial charge in [-0.1, -0.05) is 65.4 Å². The molecule has 0 aromatic heterocycles. The minimum Gasteiger partial charge on any atom is -0.493 e. The van der Waals surface area contributed by atoms with Gasteiger partial charge < -0.3 is 14.8 Å². The Labute approximate surface area is 234 Å². The SMILES string of the molecule is COc1cc(/C=C2\SC(=S)N(c3ccc(C)c(C)c3)C2=O)ccc1OCC(=O)Nc1cccc(Cl)c1Cl. The lowest BCUT2D eigenvalue weighted by molar-refractivity contribution is -0.118. The van der Waals surface area contributed by atoms with Gasteiger partial charge >= 0.3 is 0 Å². The average molecular weight is 574 g/mol. The van der Waals surface area contributed by atoms with E-state index in [0.717, 1.165) is 22.4 Å². The van der Waals surface area contributed by atoms with Crippen LogP contribution in [0.4, 0.5) is 11.4 Å². The molecule has 6 nitrogen and oxygen atoms in total. The second-order valence-corrected chi connectivity index (χ2v) is 10.6. The molecule has 1 N–H and O–H groups in total. The molecule has 2 amide bonds. The van der Waals surface area contributed by atoms with Gasteiger partial charge in [0, 0.05) is 0 Å². The predicted octanol–water partition coefficient (Wildman–Crippen LogP) is 7.04. The number of nitrogens with zero attached hydrogens (tertiary/aromatic N) is 1. The number of anilines is 2. The molecule has 0 aliphatic carbocycles. The van der Waals surface area contributed by atoms with Gasteiger partial charge in [0.2, 0.25) is 0 Å². The van der Waals surface area contributed by atoms with Crippen molar-refractivity contribution >= 4 is 80.8 Å². The lowest BCUT2D eigenvalue weighted by Crippen LogP contribution is -2.27. The highest BCUT2D eigenvalue weighted by atomic mass is 35.5. The molecule has 0 bridgehead atoms. The van der Waals surface area contributed by atoms with Crippen LogP contribution in [0.15, 0.2) is 59.5 Å². The molecule has 0 atom stereocenters. The molecule has 1 aliphatic heterocycles. The van der Waals surface area contributed by atoms with Crippen LogP contribution >= 0.6 is 47.2 Å². The number of aryl methyl sites for hydroxylation is 2. The number of carbonyl (C=O) groups excluding carboxylic acids is 2. The van der Waals surface area contributed by atoms with E-state index in [1.54, 1.807) is 42.5 Å². The first-order valence-corrected chi connectivity index (χ1v) is 13.1. The third-order valence-corrected chi connectivity index (χ3v) is 7.73. The van der Waals surface area contributed by atoms with E-state index in [1.165, 1.54) is 23.8 Å². The number of benzene rings is 3. The summed E-state index contributed by atoms with van der Waals surface area (Å²) in [4.78, 5) is 27.5. The molecule has 190 valence electrons. The number of carbonyl (C=O) groups is 2. The molecule has 1 aliphatic rings. The number of halogens is 2. The molecular weight excluding hydrogens is 551 g/mol. The topological polar surface area (TPSA) is 67.9 Å². The van der Waals surface area contributed by atoms with Gasteiger partial charge in [-0.2, -0.15) is 0 Å². The zero-order valence-electron chi connectivity index (χ0n) is 20.1. The maximum absolute atomic E-state index is 13.1. The van der Waals surface area contributed by atoms with Crippen molar-refractivity contribution in [3.05, 3.63) is 86.2 Å². The Hall–Kier alpha value is -3.04. The molecule has 3 aromatic carbocycles. The normalized spacial score (nSPS) is 14.3. The standard InChI is InChI=1S/C27H22Cl2N2O4S2/c1-15-7-9-18(11-16(15)2)31-26(33)23(37-27(31)36)13-17-8-10-21(22(12-17)34-3)35-14-24(32)30-20-6-4-5-19(28)25(20)29/h4-13H,14H2,1-3H3,(H,30,32)/b23-13-. The second-order valence-electron chi connectivity index (χ2n) is 8.13. The number of methoxy groups -OCH3 is 1. The number of rotatable bonds is 7. The largest absolute Gasteiger partial charge is 0.493 e. The molecule has 37 heavy (non-hydrogen) atoms. The second kappa shape index (κ2) is 11.6. The van der Waals surface area contributed by atoms with Crippen molar-refractivity contribution in [1.29, 1.82) is 0 Å². The summed E-state index contributed by atoms with van der Waals surface area (Å²) in [6.07, 6.45) is 1.75. The third kappa shape index (κ3) is 6.10. The fourth-order valence-electron chi connectivity index (χ4n) is 3.53. The number of ether oxygens (including phenoxy) is 2. The molecule has 0 unspecified atom stereocenters. The molecule has 1 saturated heterocycles. The quantitative estimate of drug-likeness (QED) is 0.242. The summed E-state index contributed by atoms with van der Waals surface area (Å²) >= 11 is 18.8. The van der Waals surface area contributed by atoms with Gasteiger partial charge in [0.05, 0.1) is 33.4 Å². The summed E-state index contributed by atoms with van der Waals surface area (Å²) in [6.45, 7) is 3.75. The number of hydrogen-bond donors (Lipinski definition) is 1. The van der Waals surface area contributed by atoms with Gasteiger partial charge in [0.15, 0.2) is 22.4 Å². The molecule has 1 fully saturated rings. The lowest BCUT2D eigenvalue weighted by atomic mass is 10.1. The maximum Gasteiger partial charge on any atom is 0.270 e. The van der Waals surface area contributed by atoms with Gasteiger partial charge in [0.25, 0.3) is 11.8 Å². The summed E-state index contributed by atoms with van der Waals surface area (Å²) in [6, 6.07) is 15.9. The average Bonchev–Trinajstić information content (AvgIpc) is 3.15. The first kappa shape index (κ1) is 27.0. The highest BCUT2D eigenvalue weighted by molar-refractivity contribution is 8.27. The molecule has 0 spiro atoms. The Balaban J connectivity index is 1.46. The summed E-state index contributed by atoms with van der Waals surface area (Å²) in [5, 5.41) is 3.25. The smallest absolute Gasteiger partial charge is 0.270 e. The fourth-order valence-corrected chi connectivity index (χ4v) is 5.18. The van der Waals surface area contributed by atoms with Crippen LogP contribution in [0.2, 0.25) is 10.0 Å². The van der Waals surface area contributed by atoms with E-state index >= 15 is 0 Å². The summed E-state index contributed by atoms with van der Waals surface area (Å²) < 4.78 is 11.6. The monoisotopic (exact) mass is 572 g/mol. The van der Waals surface area contributed by atoms with Crippen molar-refractivity contribution in [3.63, 3.8) is 0 Å². The molecular formula is C27H22Cl2N2O4S2. The van der Waals surface area contributed by atoms with Gasteiger partial charge in [0.1, 0.15) is 0 Å². The van der Waals surface area contributed by atoms with Crippen LogP contribution in [0.1, 0.15) is 16.7 Å². The molecule has 1 heterocycles. The number of amides is 2. The van der Waals surface area contributed by atoms with E-state index in [0.29, 0.717) is 31.4 Å². The molecule has 0 radical (unpaired) electrons. The Morgan fingerprint density at radius 2 is 1.86 bits per heavy atom. The van der Waals surface area contributed by atoms with Gasteiger partial charge in [-0.05, 0) is 73.0 Å². The van der Waals surface area contributed by atoms with Gasteiger partial charge in [-0.15, -0.1) is 0 Å². The zero-order chi connectivity index (χ0) is 26.7. The van der Waals surface area contributed by atoms with Crippen molar-refractivity contribution in [2.75, 3.05) is 23.9 Å². The fraction of sp³-hybridized carbons (Fsp3) is 0.148.